The maximum atomic E-state index is 11.1. The molecule has 0 amide bonds. The smallest absolute Gasteiger partial charge is 0.150 e. The van der Waals surface area contributed by atoms with Crippen molar-refractivity contribution in [3.8, 4) is 0 Å². The number of hydrogen-bond donors (Lipinski definition) is 2. The zero-order chi connectivity index (χ0) is 9.61. The lowest BCUT2D eigenvalue weighted by atomic mass is 10.3. The SMILES string of the molecule is CCCS(=O)(=O)CCC(O)CN. The zero-order valence-electron chi connectivity index (χ0n) is 7.36. The van der Waals surface area contributed by atoms with Crippen molar-refractivity contribution < 1.29 is 13.5 Å². The minimum Gasteiger partial charge on any atom is -0.392 e. The molecule has 0 rings (SSSR count). The van der Waals surface area contributed by atoms with Crippen LogP contribution in [0.25, 0.3) is 0 Å². The van der Waals surface area contributed by atoms with Crippen LogP contribution in [0.4, 0.5) is 0 Å². The van der Waals surface area contributed by atoms with Crippen molar-refractivity contribution in [1.29, 1.82) is 0 Å². The first-order valence-electron chi connectivity index (χ1n) is 4.10. The van der Waals surface area contributed by atoms with Crippen LogP contribution >= 0.6 is 0 Å². The van der Waals surface area contributed by atoms with Gasteiger partial charge in [-0.25, -0.2) is 8.42 Å². The van der Waals surface area contributed by atoms with Gasteiger partial charge in [0.05, 0.1) is 11.9 Å². The normalized spacial score (nSPS) is 14.6. The summed E-state index contributed by atoms with van der Waals surface area (Å²) in [6, 6.07) is 0. The highest BCUT2D eigenvalue weighted by atomic mass is 32.2. The predicted molar refractivity (Wildman–Crippen MR) is 48.6 cm³/mol. The minimum atomic E-state index is -2.95. The van der Waals surface area contributed by atoms with Gasteiger partial charge >= 0.3 is 0 Å². The Kier molecular flexibility index (Phi) is 5.44. The van der Waals surface area contributed by atoms with Crippen LogP contribution in [-0.4, -0.2) is 37.7 Å². The Morgan fingerprint density at radius 3 is 2.42 bits per heavy atom. The van der Waals surface area contributed by atoms with Gasteiger partial charge < -0.3 is 10.8 Å². The second kappa shape index (κ2) is 5.50. The molecule has 0 aromatic carbocycles. The molecular formula is C7H17NO3S. The number of aliphatic hydroxyl groups excluding tert-OH is 1. The molecule has 0 fully saturated rings. The van der Waals surface area contributed by atoms with Crippen LogP contribution in [-0.2, 0) is 9.84 Å². The van der Waals surface area contributed by atoms with Gasteiger partial charge in [0.25, 0.3) is 0 Å². The molecule has 0 aliphatic rings. The molecule has 0 bridgehead atoms. The van der Waals surface area contributed by atoms with E-state index in [4.69, 9.17) is 10.8 Å². The van der Waals surface area contributed by atoms with Crippen LogP contribution in [0.3, 0.4) is 0 Å². The van der Waals surface area contributed by atoms with E-state index in [2.05, 4.69) is 0 Å². The van der Waals surface area contributed by atoms with Gasteiger partial charge in [-0.1, -0.05) is 6.92 Å². The summed E-state index contributed by atoms with van der Waals surface area (Å²) < 4.78 is 22.2. The monoisotopic (exact) mass is 195 g/mol. The van der Waals surface area contributed by atoms with Crippen LogP contribution in [0.5, 0.6) is 0 Å². The quantitative estimate of drug-likeness (QED) is 0.600. The second-order valence-electron chi connectivity index (χ2n) is 2.83. The summed E-state index contributed by atoms with van der Waals surface area (Å²) in [6.45, 7) is 1.94. The van der Waals surface area contributed by atoms with Crippen molar-refractivity contribution in [3.05, 3.63) is 0 Å². The zero-order valence-corrected chi connectivity index (χ0v) is 8.18. The Balaban J connectivity index is 3.76. The topological polar surface area (TPSA) is 80.4 Å². The number of hydrogen-bond acceptors (Lipinski definition) is 4. The molecule has 5 heteroatoms. The Hall–Kier alpha value is -0.130. The number of sulfone groups is 1. The number of rotatable bonds is 6. The summed E-state index contributed by atoms with van der Waals surface area (Å²) >= 11 is 0. The Labute approximate surface area is 73.7 Å². The average molecular weight is 195 g/mol. The highest BCUT2D eigenvalue weighted by molar-refractivity contribution is 7.91. The largest absolute Gasteiger partial charge is 0.392 e. The molecule has 0 aromatic rings. The molecular weight excluding hydrogens is 178 g/mol. The maximum absolute atomic E-state index is 11.1. The molecule has 0 saturated heterocycles. The molecule has 0 aromatic heterocycles. The third-order valence-electron chi connectivity index (χ3n) is 1.55. The van der Waals surface area contributed by atoms with Gasteiger partial charge in [0.15, 0.2) is 0 Å². The lowest BCUT2D eigenvalue weighted by Crippen LogP contribution is -2.23. The number of nitrogens with two attached hydrogens (primary N) is 1. The third kappa shape index (κ3) is 5.51. The lowest BCUT2D eigenvalue weighted by Gasteiger charge is -2.06. The molecule has 12 heavy (non-hydrogen) atoms. The van der Waals surface area contributed by atoms with Crippen molar-refractivity contribution in [1.82, 2.24) is 0 Å². The molecule has 0 saturated carbocycles. The third-order valence-corrected chi connectivity index (χ3v) is 3.44. The van der Waals surface area contributed by atoms with Gasteiger partial charge in [-0.2, -0.15) is 0 Å². The first-order chi connectivity index (χ1) is 5.52. The first kappa shape index (κ1) is 11.9. The fourth-order valence-corrected chi connectivity index (χ4v) is 2.30. The van der Waals surface area contributed by atoms with E-state index >= 15 is 0 Å². The number of aliphatic hydroxyl groups is 1. The van der Waals surface area contributed by atoms with Crippen molar-refractivity contribution in [2.24, 2.45) is 5.73 Å². The minimum absolute atomic E-state index is 0.0409. The summed E-state index contributed by atoms with van der Waals surface area (Å²) in [4.78, 5) is 0. The first-order valence-corrected chi connectivity index (χ1v) is 5.92. The van der Waals surface area contributed by atoms with E-state index < -0.39 is 15.9 Å². The van der Waals surface area contributed by atoms with Crippen LogP contribution in [0, 0.1) is 0 Å². The fourth-order valence-electron chi connectivity index (χ4n) is 0.847. The van der Waals surface area contributed by atoms with E-state index in [9.17, 15) is 8.42 Å². The molecule has 0 radical (unpaired) electrons. The van der Waals surface area contributed by atoms with Crippen molar-refractivity contribution in [2.75, 3.05) is 18.1 Å². The van der Waals surface area contributed by atoms with Gasteiger partial charge in [0, 0.05) is 12.3 Å². The molecule has 4 nitrogen and oxygen atoms in total. The highest BCUT2D eigenvalue weighted by Crippen LogP contribution is 1.99. The summed E-state index contributed by atoms with van der Waals surface area (Å²) in [5.41, 5.74) is 5.13. The summed E-state index contributed by atoms with van der Waals surface area (Å²) in [5.74, 6) is 0.240. The molecule has 0 spiro atoms. The highest BCUT2D eigenvalue weighted by Gasteiger charge is 2.11. The second-order valence-corrected chi connectivity index (χ2v) is 5.13. The van der Waals surface area contributed by atoms with E-state index in [0.717, 1.165) is 0 Å². The molecule has 74 valence electrons. The fraction of sp³-hybridized carbons (Fsp3) is 1.00. The van der Waals surface area contributed by atoms with Gasteiger partial charge in [-0.05, 0) is 12.8 Å². The predicted octanol–water partition coefficient (Wildman–Crippen LogP) is -0.479. The molecule has 0 aliphatic heterocycles. The van der Waals surface area contributed by atoms with E-state index in [-0.39, 0.29) is 24.5 Å². The maximum Gasteiger partial charge on any atom is 0.150 e. The van der Waals surface area contributed by atoms with Crippen LogP contribution in [0.15, 0.2) is 0 Å². The summed E-state index contributed by atoms with van der Waals surface area (Å²) in [7, 11) is -2.95. The Morgan fingerprint density at radius 2 is 2.00 bits per heavy atom. The lowest BCUT2D eigenvalue weighted by molar-refractivity contribution is 0.179. The molecule has 0 heterocycles. The van der Waals surface area contributed by atoms with Crippen LogP contribution < -0.4 is 5.73 Å². The van der Waals surface area contributed by atoms with Gasteiger partial charge in [0.1, 0.15) is 9.84 Å². The van der Waals surface area contributed by atoms with E-state index in [1.165, 1.54) is 0 Å². The van der Waals surface area contributed by atoms with Gasteiger partial charge in [-0.15, -0.1) is 0 Å². The summed E-state index contributed by atoms with van der Waals surface area (Å²) in [6.07, 6.45) is 0.191. The van der Waals surface area contributed by atoms with E-state index in [1.54, 1.807) is 0 Å². The van der Waals surface area contributed by atoms with Crippen molar-refractivity contribution in [3.63, 3.8) is 0 Å². The van der Waals surface area contributed by atoms with Crippen molar-refractivity contribution >= 4 is 9.84 Å². The molecule has 1 unspecified atom stereocenters. The van der Waals surface area contributed by atoms with Gasteiger partial charge in [-0.3, -0.25) is 0 Å². The standard InChI is InChI=1S/C7H17NO3S/c1-2-4-12(10,11)5-3-7(9)6-8/h7,9H,2-6,8H2,1H3. The van der Waals surface area contributed by atoms with Crippen LogP contribution in [0.2, 0.25) is 0 Å². The average Bonchev–Trinajstić information content (AvgIpc) is 2.00. The molecule has 3 N–H and O–H groups in total. The molecule has 0 aliphatic carbocycles. The Morgan fingerprint density at radius 1 is 1.42 bits per heavy atom. The Bertz CT molecular complexity index is 201. The van der Waals surface area contributed by atoms with E-state index in [1.807, 2.05) is 6.92 Å². The molecule has 1 atom stereocenters. The van der Waals surface area contributed by atoms with Gasteiger partial charge in [0.2, 0.25) is 0 Å². The van der Waals surface area contributed by atoms with Crippen LogP contribution in [0.1, 0.15) is 19.8 Å². The van der Waals surface area contributed by atoms with E-state index in [0.29, 0.717) is 6.42 Å². The summed E-state index contributed by atoms with van der Waals surface area (Å²) in [5, 5.41) is 9.00. The van der Waals surface area contributed by atoms with Crippen molar-refractivity contribution in [2.45, 2.75) is 25.9 Å².